The molecule has 0 aromatic rings. The van der Waals surface area contributed by atoms with Gasteiger partial charge in [-0.1, -0.05) is 15.9 Å². The molecule has 1 aliphatic rings. The third-order valence-electron chi connectivity index (χ3n) is 2.96. The Morgan fingerprint density at radius 3 is 2.27 bits per heavy atom. The van der Waals surface area contributed by atoms with Gasteiger partial charge in [-0.05, 0) is 52.4 Å². The first-order valence-corrected chi connectivity index (χ1v) is 8.17. The fraction of sp³-hybridized carbons (Fsp3) is 1.00. The van der Waals surface area contributed by atoms with Gasteiger partial charge in [-0.25, -0.2) is 8.42 Å². The summed E-state index contributed by atoms with van der Waals surface area (Å²) in [6.07, 6.45) is 4.38. The Morgan fingerprint density at radius 2 is 1.87 bits per heavy atom. The zero-order chi connectivity index (χ0) is 11.7. The minimum Gasteiger partial charge on any atom is -0.228 e. The first-order valence-electron chi connectivity index (χ1n) is 5.60. The monoisotopic (exact) mass is 296 g/mol. The van der Waals surface area contributed by atoms with E-state index in [1.807, 2.05) is 0 Å². The zero-order valence-corrected chi connectivity index (χ0v) is 12.2. The lowest BCUT2D eigenvalue weighted by atomic mass is 10.2. The first kappa shape index (κ1) is 13.5. The minimum atomic E-state index is -2.92. The average Bonchev–Trinajstić information content (AvgIpc) is 2.83. The van der Waals surface area contributed by atoms with Crippen molar-refractivity contribution >= 4 is 25.8 Å². The van der Waals surface area contributed by atoms with E-state index in [2.05, 4.69) is 15.9 Å². The summed E-state index contributed by atoms with van der Waals surface area (Å²) >= 11 is 3.63. The Morgan fingerprint density at radius 1 is 1.33 bits per heavy atom. The Kier molecular flexibility index (Phi) is 4.27. The third kappa shape index (κ3) is 4.06. The number of hydrogen-bond donors (Lipinski definition) is 0. The van der Waals surface area contributed by atoms with E-state index in [0.717, 1.165) is 18.8 Å². The maximum Gasteiger partial charge on any atom is 0.155 e. The molecule has 1 unspecified atom stereocenters. The van der Waals surface area contributed by atoms with Gasteiger partial charge in [0.05, 0.1) is 10.5 Å². The molecule has 1 aliphatic carbocycles. The molecule has 2 nitrogen and oxygen atoms in total. The second-order valence-electron chi connectivity index (χ2n) is 5.43. The Hall–Kier alpha value is 0.430. The fourth-order valence-corrected chi connectivity index (χ4v) is 3.48. The number of sulfone groups is 1. The van der Waals surface area contributed by atoms with Crippen molar-refractivity contribution in [2.75, 3.05) is 5.75 Å². The van der Waals surface area contributed by atoms with Crippen molar-refractivity contribution in [2.45, 2.75) is 56.0 Å². The van der Waals surface area contributed by atoms with Gasteiger partial charge in [-0.2, -0.15) is 0 Å². The standard InChI is InChI=1S/C11H21BrO2S/c1-11(2,3)15(13,14)8-4-5-10(12)9-6-7-9/h9-10H,4-8H2,1-3H3. The number of alkyl halides is 1. The van der Waals surface area contributed by atoms with E-state index in [9.17, 15) is 8.42 Å². The van der Waals surface area contributed by atoms with Crippen LogP contribution in [0.4, 0.5) is 0 Å². The molecule has 1 rings (SSSR count). The van der Waals surface area contributed by atoms with E-state index >= 15 is 0 Å². The predicted molar refractivity (Wildman–Crippen MR) is 68.2 cm³/mol. The van der Waals surface area contributed by atoms with Crippen molar-refractivity contribution in [3.63, 3.8) is 0 Å². The van der Waals surface area contributed by atoms with E-state index in [1.54, 1.807) is 20.8 Å². The van der Waals surface area contributed by atoms with Crippen molar-refractivity contribution in [1.29, 1.82) is 0 Å². The molecule has 0 N–H and O–H groups in total. The van der Waals surface area contributed by atoms with E-state index in [1.165, 1.54) is 12.8 Å². The lowest BCUT2D eigenvalue weighted by Gasteiger charge is -2.19. The Balaban J connectivity index is 2.30. The van der Waals surface area contributed by atoms with Crippen molar-refractivity contribution in [2.24, 2.45) is 5.92 Å². The van der Waals surface area contributed by atoms with Gasteiger partial charge in [0.2, 0.25) is 0 Å². The largest absolute Gasteiger partial charge is 0.228 e. The molecule has 0 amide bonds. The van der Waals surface area contributed by atoms with Crippen molar-refractivity contribution < 1.29 is 8.42 Å². The maximum atomic E-state index is 11.8. The van der Waals surface area contributed by atoms with Crippen molar-refractivity contribution in [1.82, 2.24) is 0 Å². The molecule has 0 radical (unpaired) electrons. The van der Waals surface area contributed by atoms with Crippen LogP contribution in [0.25, 0.3) is 0 Å². The van der Waals surface area contributed by atoms with E-state index < -0.39 is 14.6 Å². The molecule has 1 saturated carbocycles. The number of hydrogen-bond acceptors (Lipinski definition) is 2. The molecule has 0 bridgehead atoms. The SMILES string of the molecule is CC(C)(C)S(=O)(=O)CCCC(Br)C1CC1. The van der Waals surface area contributed by atoms with Crippen LogP contribution in [-0.4, -0.2) is 23.7 Å². The average molecular weight is 297 g/mol. The quantitative estimate of drug-likeness (QED) is 0.731. The summed E-state index contributed by atoms with van der Waals surface area (Å²) in [5, 5.41) is 0. The molecule has 0 heterocycles. The van der Waals surface area contributed by atoms with Crippen LogP contribution in [0.3, 0.4) is 0 Å². The topological polar surface area (TPSA) is 34.1 Å². The summed E-state index contributed by atoms with van der Waals surface area (Å²) in [7, 11) is -2.92. The highest BCUT2D eigenvalue weighted by molar-refractivity contribution is 9.09. The van der Waals surface area contributed by atoms with E-state index in [4.69, 9.17) is 0 Å². The lowest BCUT2D eigenvalue weighted by Crippen LogP contribution is -2.30. The summed E-state index contributed by atoms with van der Waals surface area (Å²) < 4.78 is 23.0. The van der Waals surface area contributed by atoms with Crippen LogP contribution in [0.2, 0.25) is 0 Å². The van der Waals surface area contributed by atoms with Gasteiger partial charge in [0.25, 0.3) is 0 Å². The molecule has 0 spiro atoms. The van der Waals surface area contributed by atoms with Gasteiger partial charge in [0.15, 0.2) is 9.84 Å². The second-order valence-corrected chi connectivity index (χ2v) is 9.47. The Labute approximate surface area is 102 Å². The highest BCUT2D eigenvalue weighted by Crippen LogP contribution is 2.38. The number of halogens is 1. The molecule has 1 fully saturated rings. The third-order valence-corrected chi connectivity index (χ3v) is 6.86. The smallest absolute Gasteiger partial charge is 0.155 e. The highest BCUT2D eigenvalue weighted by atomic mass is 79.9. The molecular formula is C11H21BrO2S. The predicted octanol–water partition coefficient (Wildman–Crippen LogP) is 3.15. The van der Waals surface area contributed by atoms with Crippen LogP contribution < -0.4 is 0 Å². The lowest BCUT2D eigenvalue weighted by molar-refractivity contribution is 0.554. The second kappa shape index (κ2) is 4.74. The Bertz CT molecular complexity index is 299. The van der Waals surface area contributed by atoms with Crippen LogP contribution in [0, 0.1) is 5.92 Å². The molecule has 0 aliphatic heterocycles. The molecule has 0 aromatic carbocycles. The van der Waals surface area contributed by atoms with Crippen molar-refractivity contribution in [3.05, 3.63) is 0 Å². The van der Waals surface area contributed by atoms with Crippen LogP contribution in [0.5, 0.6) is 0 Å². The maximum absolute atomic E-state index is 11.8. The summed E-state index contributed by atoms with van der Waals surface area (Å²) in [6, 6.07) is 0. The zero-order valence-electron chi connectivity index (χ0n) is 9.79. The van der Waals surface area contributed by atoms with Gasteiger partial charge in [-0.3, -0.25) is 0 Å². The molecular weight excluding hydrogens is 276 g/mol. The van der Waals surface area contributed by atoms with E-state index in [0.29, 0.717) is 10.6 Å². The normalized spacial score (nSPS) is 20.3. The molecule has 0 saturated heterocycles. The van der Waals surface area contributed by atoms with Gasteiger partial charge < -0.3 is 0 Å². The molecule has 90 valence electrons. The molecule has 1 atom stereocenters. The van der Waals surface area contributed by atoms with Gasteiger partial charge in [0.1, 0.15) is 0 Å². The minimum absolute atomic E-state index is 0.325. The van der Waals surface area contributed by atoms with Crippen LogP contribution >= 0.6 is 15.9 Å². The summed E-state index contributed by atoms with van der Waals surface area (Å²) in [4.78, 5) is 0.535. The summed E-state index contributed by atoms with van der Waals surface area (Å²) in [5.74, 6) is 1.13. The summed E-state index contributed by atoms with van der Waals surface area (Å²) in [5.41, 5.74) is 0. The van der Waals surface area contributed by atoms with Gasteiger partial charge >= 0.3 is 0 Å². The van der Waals surface area contributed by atoms with Crippen LogP contribution in [0.15, 0.2) is 0 Å². The highest BCUT2D eigenvalue weighted by Gasteiger charge is 2.31. The van der Waals surface area contributed by atoms with Gasteiger partial charge in [-0.15, -0.1) is 0 Å². The van der Waals surface area contributed by atoms with E-state index in [-0.39, 0.29) is 0 Å². The summed E-state index contributed by atoms with van der Waals surface area (Å²) in [6.45, 7) is 5.32. The fourth-order valence-electron chi connectivity index (χ4n) is 1.47. The van der Waals surface area contributed by atoms with Crippen LogP contribution in [-0.2, 0) is 9.84 Å². The molecule has 4 heteroatoms. The van der Waals surface area contributed by atoms with Gasteiger partial charge in [0, 0.05) is 4.83 Å². The molecule has 15 heavy (non-hydrogen) atoms. The molecule has 0 aromatic heterocycles. The van der Waals surface area contributed by atoms with Crippen molar-refractivity contribution in [3.8, 4) is 0 Å². The van der Waals surface area contributed by atoms with Crippen LogP contribution in [0.1, 0.15) is 46.5 Å². The first-order chi connectivity index (χ1) is 6.74. The number of rotatable bonds is 5.